The Kier molecular flexibility index (Phi) is 6.07. The third-order valence-corrected chi connectivity index (χ3v) is 4.88. The van der Waals surface area contributed by atoms with E-state index in [4.69, 9.17) is 4.74 Å². The van der Waals surface area contributed by atoms with E-state index < -0.39 is 11.6 Å². The second kappa shape index (κ2) is 8.47. The first-order chi connectivity index (χ1) is 12.1. The van der Waals surface area contributed by atoms with Gasteiger partial charge in [-0.2, -0.15) is 0 Å². The lowest BCUT2D eigenvalue weighted by Crippen LogP contribution is -2.39. The average molecular weight is 353 g/mol. The molecule has 0 aromatic heterocycles. The van der Waals surface area contributed by atoms with Crippen LogP contribution in [0.4, 0.5) is 19.3 Å². The van der Waals surface area contributed by atoms with E-state index in [2.05, 4.69) is 10.6 Å². The number of amides is 2. The molecule has 25 heavy (non-hydrogen) atoms. The lowest BCUT2D eigenvalue weighted by molar-refractivity contribution is 0.104. The highest BCUT2D eigenvalue weighted by atomic mass is 19.2. The zero-order chi connectivity index (χ0) is 17.6. The summed E-state index contributed by atoms with van der Waals surface area (Å²) < 4.78 is 31.9. The number of hydrogen-bond acceptors (Lipinski definition) is 3. The molecule has 0 saturated carbocycles. The van der Waals surface area contributed by atoms with Crippen molar-refractivity contribution in [3.8, 4) is 0 Å². The minimum Gasteiger partial charge on any atom is -0.378 e. The van der Waals surface area contributed by atoms with Crippen LogP contribution in [-0.4, -0.2) is 44.9 Å². The van der Waals surface area contributed by atoms with Crippen molar-refractivity contribution >= 4 is 11.7 Å². The summed E-state index contributed by atoms with van der Waals surface area (Å²) in [6.45, 7) is 3.51. The van der Waals surface area contributed by atoms with Gasteiger partial charge in [0, 0.05) is 44.5 Å². The van der Waals surface area contributed by atoms with E-state index in [-0.39, 0.29) is 12.1 Å². The molecule has 0 bridgehead atoms. The Morgan fingerprint density at radius 2 is 2.12 bits per heavy atom. The summed E-state index contributed by atoms with van der Waals surface area (Å²) in [5, 5.41) is 5.75. The minimum atomic E-state index is -0.833. The van der Waals surface area contributed by atoms with E-state index in [0.29, 0.717) is 24.7 Å². The fourth-order valence-electron chi connectivity index (χ4n) is 3.43. The van der Waals surface area contributed by atoms with Crippen LogP contribution in [0.25, 0.3) is 0 Å². The first-order valence-corrected chi connectivity index (χ1v) is 8.95. The first-order valence-electron chi connectivity index (χ1n) is 8.95. The minimum absolute atomic E-state index is 0.163. The van der Waals surface area contributed by atoms with Gasteiger partial charge in [-0.3, -0.25) is 0 Å². The van der Waals surface area contributed by atoms with Gasteiger partial charge in [0.05, 0.1) is 6.10 Å². The van der Waals surface area contributed by atoms with Crippen molar-refractivity contribution in [2.75, 3.05) is 37.7 Å². The standard InChI is InChI=1S/C18H25F2N3O2/c19-16-4-3-14(10-17(16)20)23-8-6-13(12-23)11-22-18(24)21-7-5-15-2-1-9-25-15/h3-4,10,13,15H,1-2,5-9,11-12H2,(H2,21,22,24). The maximum atomic E-state index is 13.3. The zero-order valence-corrected chi connectivity index (χ0v) is 14.3. The normalized spacial score (nSPS) is 23.0. The van der Waals surface area contributed by atoms with Crippen LogP contribution < -0.4 is 15.5 Å². The second-order valence-corrected chi connectivity index (χ2v) is 6.76. The molecule has 7 heteroatoms. The molecule has 2 unspecified atom stereocenters. The SMILES string of the molecule is O=C(NCCC1CCCO1)NCC1CCN(c2ccc(F)c(F)c2)C1. The number of hydrogen-bond donors (Lipinski definition) is 2. The number of nitrogens with zero attached hydrogens (tertiary/aromatic N) is 1. The average Bonchev–Trinajstić information content (AvgIpc) is 3.27. The van der Waals surface area contributed by atoms with Crippen LogP contribution in [-0.2, 0) is 4.74 Å². The van der Waals surface area contributed by atoms with Crippen LogP contribution >= 0.6 is 0 Å². The summed E-state index contributed by atoms with van der Waals surface area (Å²) in [6.07, 6.45) is 4.22. The largest absolute Gasteiger partial charge is 0.378 e. The van der Waals surface area contributed by atoms with E-state index in [1.807, 2.05) is 4.90 Å². The highest BCUT2D eigenvalue weighted by Gasteiger charge is 2.24. The van der Waals surface area contributed by atoms with E-state index >= 15 is 0 Å². The van der Waals surface area contributed by atoms with Crippen molar-refractivity contribution < 1.29 is 18.3 Å². The highest BCUT2D eigenvalue weighted by molar-refractivity contribution is 5.73. The Morgan fingerprint density at radius 3 is 2.88 bits per heavy atom. The molecule has 2 aliphatic heterocycles. The molecule has 1 aromatic rings. The van der Waals surface area contributed by atoms with Crippen molar-refractivity contribution in [2.24, 2.45) is 5.92 Å². The van der Waals surface area contributed by atoms with Gasteiger partial charge in [-0.15, -0.1) is 0 Å². The highest BCUT2D eigenvalue weighted by Crippen LogP contribution is 2.25. The van der Waals surface area contributed by atoms with Gasteiger partial charge in [0.1, 0.15) is 0 Å². The van der Waals surface area contributed by atoms with Crippen LogP contribution in [0.1, 0.15) is 25.7 Å². The molecular formula is C18H25F2N3O2. The van der Waals surface area contributed by atoms with Gasteiger partial charge >= 0.3 is 6.03 Å². The van der Waals surface area contributed by atoms with Crippen molar-refractivity contribution in [1.29, 1.82) is 0 Å². The number of benzene rings is 1. The Balaban J connectivity index is 1.35. The summed E-state index contributed by atoms with van der Waals surface area (Å²) in [5.41, 5.74) is 0.683. The summed E-state index contributed by atoms with van der Waals surface area (Å²) in [4.78, 5) is 13.9. The van der Waals surface area contributed by atoms with Crippen LogP contribution in [0.3, 0.4) is 0 Å². The lowest BCUT2D eigenvalue weighted by Gasteiger charge is -2.19. The number of nitrogens with one attached hydrogen (secondary N) is 2. The summed E-state index contributed by atoms with van der Waals surface area (Å²) >= 11 is 0. The molecule has 5 nitrogen and oxygen atoms in total. The molecule has 0 aliphatic carbocycles. The Morgan fingerprint density at radius 1 is 1.24 bits per heavy atom. The second-order valence-electron chi connectivity index (χ2n) is 6.76. The molecule has 2 atom stereocenters. The summed E-state index contributed by atoms with van der Waals surface area (Å²) in [5.74, 6) is -1.36. The van der Waals surface area contributed by atoms with E-state index in [1.165, 1.54) is 6.07 Å². The van der Waals surface area contributed by atoms with Gasteiger partial charge in [0.25, 0.3) is 0 Å². The van der Waals surface area contributed by atoms with E-state index in [0.717, 1.165) is 51.4 Å². The predicted molar refractivity (Wildman–Crippen MR) is 91.7 cm³/mol. The number of rotatable bonds is 6. The lowest BCUT2D eigenvalue weighted by atomic mass is 10.1. The molecule has 2 amide bonds. The van der Waals surface area contributed by atoms with E-state index in [1.54, 1.807) is 6.07 Å². The van der Waals surface area contributed by atoms with Crippen LogP contribution in [0.15, 0.2) is 18.2 Å². The van der Waals surface area contributed by atoms with Gasteiger partial charge in [-0.05, 0) is 43.7 Å². The van der Waals surface area contributed by atoms with Gasteiger partial charge in [0.2, 0.25) is 0 Å². The predicted octanol–water partition coefficient (Wildman–Crippen LogP) is 2.66. The number of carbonyl (C=O) groups is 1. The first kappa shape index (κ1) is 17.9. The van der Waals surface area contributed by atoms with Gasteiger partial charge in [0.15, 0.2) is 11.6 Å². The fourth-order valence-corrected chi connectivity index (χ4v) is 3.43. The molecule has 2 aliphatic rings. The quantitative estimate of drug-likeness (QED) is 0.827. The number of carbonyl (C=O) groups excluding carboxylic acids is 1. The van der Waals surface area contributed by atoms with E-state index in [9.17, 15) is 13.6 Å². The summed E-state index contributed by atoms with van der Waals surface area (Å²) in [6, 6.07) is 3.80. The molecule has 1 aromatic carbocycles. The maximum absolute atomic E-state index is 13.3. The molecule has 0 radical (unpaired) electrons. The maximum Gasteiger partial charge on any atom is 0.314 e. The van der Waals surface area contributed by atoms with Crippen LogP contribution in [0.5, 0.6) is 0 Å². The monoisotopic (exact) mass is 353 g/mol. The summed E-state index contributed by atoms with van der Waals surface area (Å²) in [7, 11) is 0. The molecule has 3 rings (SSSR count). The third-order valence-electron chi connectivity index (χ3n) is 4.88. The third kappa shape index (κ3) is 5.04. The van der Waals surface area contributed by atoms with Gasteiger partial charge in [-0.25, -0.2) is 13.6 Å². The van der Waals surface area contributed by atoms with Crippen molar-refractivity contribution in [2.45, 2.75) is 31.8 Å². The fraction of sp³-hybridized carbons (Fsp3) is 0.611. The molecular weight excluding hydrogens is 328 g/mol. The smallest absolute Gasteiger partial charge is 0.314 e. The Bertz CT molecular complexity index is 594. The van der Waals surface area contributed by atoms with Gasteiger partial charge in [-0.1, -0.05) is 0 Å². The van der Waals surface area contributed by atoms with Crippen LogP contribution in [0, 0.1) is 17.6 Å². The van der Waals surface area contributed by atoms with Crippen LogP contribution in [0.2, 0.25) is 0 Å². The molecule has 2 saturated heterocycles. The van der Waals surface area contributed by atoms with Crippen molar-refractivity contribution in [3.63, 3.8) is 0 Å². The number of urea groups is 1. The van der Waals surface area contributed by atoms with Crippen molar-refractivity contribution in [1.82, 2.24) is 10.6 Å². The molecule has 2 fully saturated rings. The molecule has 2 N–H and O–H groups in total. The molecule has 2 heterocycles. The number of halogens is 2. The Hall–Kier alpha value is -1.89. The van der Waals surface area contributed by atoms with Crippen molar-refractivity contribution in [3.05, 3.63) is 29.8 Å². The number of ether oxygens (including phenoxy) is 1. The zero-order valence-electron chi connectivity index (χ0n) is 14.3. The number of anilines is 1. The topological polar surface area (TPSA) is 53.6 Å². The molecule has 0 spiro atoms. The molecule has 138 valence electrons. The Labute approximate surface area is 146 Å². The van der Waals surface area contributed by atoms with Gasteiger partial charge < -0.3 is 20.3 Å².